The molecule has 3 aromatic carbocycles. The van der Waals surface area contributed by atoms with E-state index in [-0.39, 0.29) is 16.3 Å². The lowest BCUT2D eigenvalue weighted by Gasteiger charge is -2.36. The number of amides is 1. The van der Waals surface area contributed by atoms with Crippen molar-refractivity contribution in [2.45, 2.75) is 4.90 Å². The molecule has 10 nitrogen and oxygen atoms in total. The van der Waals surface area contributed by atoms with Crippen molar-refractivity contribution in [2.75, 3.05) is 42.9 Å². The van der Waals surface area contributed by atoms with Gasteiger partial charge < -0.3 is 14.5 Å². The van der Waals surface area contributed by atoms with Crippen LogP contribution >= 0.6 is 0 Å². The molecule has 4 aromatic rings. The van der Waals surface area contributed by atoms with Crippen molar-refractivity contribution in [3.05, 3.63) is 72.3 Å². The van der Waals surface area contributed by atoms with Gasteiger partial charge in [0, 0.05) is 37.4 Å². The molecule has 1 saturated heterocycles. The summed E-state index contributed by atoms with van der Waals surface area (Å²) in [4.78, 5) is 17.0. The predicted molar refractivity (Wildman–Crippen MR) is 130 cm³/mol. The van der Waals surface area contributed by atoms with Gasteiger partial charge in [0.2, 0.25) is 0 Å². The number of carbonyl (C=O) groups excluding carboxylic acids is 1. The van der Waals surface area contributed by atoms with Crippen LogP contribution in [0.2, 0.25) is 0 Å². The second-order valence-corrected chi connectivity index (χ2v) is 9.67. The summed E-state index contributed by atoms with van der Waals surface area (Å²) in [6.45, 7) is 2.51. The molecule has 0 aliphatic carbocycles. The molecule has 1 fully saturated rings. The first-order valence-electron chi connectivity index (χ1n) is 11.0. The molecule has 2 heterocycles. The van der Waals surface area contributed by atoms with Crippen LogP contribution in [0.4, 0.5) is 11.4 Å². The molecule has 11 heteroatoms. The average Bonchev–Trinajstić information content (AvgIpc) is 3.37. The lowest BCUT2D eigenvalue weighted by molar-refractivity contribution is 0.0746. The summed E-state index contributed by atoms with van der Waals surface area (Å²) in [6, 6.07) is 18.8. The van der Waals surface area contributed by atoms with E-state index in [2.05, 4.69) is 24.6 Å². The fourth-order valence-electron chi connectivity index (χ4n) is 4.11. The van der Waals surface area contributed by atoms with Gasteiger partial charge in [-0.25, -0.2) is 13.0 Å². The van der Waals surface area contributed by atoms with Crippen LogP contribution in [0.3, 0.4) is 0 Å². The van der Waals surface area contributed by atoms with Crippen LogP contribution in [0.15, 0.2) is 76.3 Å². The van der Waals surface area contributed by atoms with Crippen LogP contribution in [0.1, 0.15) is 10.4 Å². The van der Waals surface area contributed by atoms with Crippen molar-refractivity contribution in [1.29, 1.82) is 0 Å². The second-order valence-electron chi connectivity index (χ2n) is 8.02. The first-order valence-corrected chi connectivity index (χ1v) is 12.5. The van der Waals surface area contributed by atoms with Crippen molar-refractivity contribution in [1.82, 2.24) is 15.2 Å². The van der Waals surface area contributed by atoms with E-state index in [1.807, 2.05) is 24.3 Å². The van der Waals surface area contributed by atoms with Crippen LogP contribution in [0.25, 0.3) is 11.0 Å². The van der Waals surface area contributed by atoms with Crippen LogP contribution in [-0.2, 0) is 10.0 Å². The number of hydrogen-bond donors (Lipinski definition) is 1. The number of methoxy groups -OCH3 is 1. The molecule has 1 N–H and O–H groups in total. The fraction of sp³-hybridized carbons (Fsp3) is 0.208. The number of piperazine rings is 1. The highest BCUT2D eigenvalue weighted by Crippen LogP contribution is 2.29. The van der Waals surface area contributed by atoms with Gasteiger partial charge in [-0.1, -0.05) is 18.2 Å². The largest absolute Gasteiger partial charge is 0.495 e. The third-order valence-corrected chi connectivity index (χ3v) is 7.33. The minimum Gasteiger partial charge on any atom is -0.495 e. The van der Waals surface area contributed by atoms with Crippen LogP contribution in [0.5, 0.6) is 5.75 Å². The maximum Gasteiger partial charge on any atom is 0.264 e. The molecule has 1 aliphatic rings. The zero-order valence-corrected chi connectivity index (χ0v) is 19.7. The zero-order valence-electron chi connectivity index (χ0n) is 18.9. The molecule has 0 atom stereocenters. The monoisotopic (exact) mass is 493 g/mol. The summed E-state index contributed by atoms with van der Waals surface area (Å²) in [5.74, 6) is 0.707. The smallest absolute Gasteiger partial charge is 0.264 e. The predicted octanol–water partition coefficient (Wildman–Crippen LogP) is 2.99. The van der Waals surface area contributed by atoms with Gasteiger partial charge in [-0.3, -0.25) is 9.52 Å². The number of rotatable bonds is 6. The summed E-state index contributed by atoms with van der Waals surface area (Å²) in [5, 5.41) is 7.36. The molecular formula is C24H23N5O5S. The van der Waals surface area contributed by atoms with Crippen LogP contribution < -0.4 is 14.4 Å². The number of aromatic nitrogens is 2. The molecule has 5 rings (SSSR count). The first-order chi connectivity index (χ1) is 17.0. The first kappa shape index (κ1) is 22.7. The van der Waals surface area contributed by atoms with Crippen molar-refractivity contribution in [3.8, 4) is 5.75 Å². The van der Waals surface area contributed by atoms with E-state index >= 15 is 0 Å². The van der Waals surface area contributed by atoms with Gasteiger partial charge in [-0.15, -0.1) is 0 Å². The van der Waals surface area contributed by atoms with E-state index in [9.17, 15) is 13.2 Å². The van der Waals surface area contributed by atoms with Gasteiger partial charge in [-0.05, 0) is 58.8 Å². The van der Waals surface area contributed by atoms with E-state index in [4.69, 9.17) is 4.74 Å². The van der Waals surface area contributed by atoms with E-state index in [0.717, 1.165) is 11.4 Å². The van der Waals surface area contributed by atoms with E-state index < -0.39 is 10.0 Å². The lowest BCUT2D eigenvalue weighted by atomic mass is 10.1. The number of nitrogens with one attached hydrogen (secondary N) is 1. The van der Waals surface area contributed by atoms with E-state index in [1.54, 1.807) is 48.4 Å². The topological polar surface area (TPSA) is 118 Å². The molecular weight excluding hydrogens is 470 g/mol. The Morgan fingerprint density at radius 3 is 2.43 bits per heavy atom. The van der Waals surface area contributed by atoms with Gasteiger partial charge in [0.1, 0.15) is 16.2 Å². The Bertz CT molecular complexity index is 1460. The Morgan fingerprint density at radius 1 is 0.943 bits per heavy atom. The SMILES string of the molecule is COc1ccccc1N1CCN(C(=O)c2ccc(NS(=O)(=O)c3cccc4nonc34)cc2)CC1. The number of fused-ring (bicyclic) bond motifs is 1. The average molecular weight is 494 g/mol. The molecule has 0 unspecified atom stereocenters. The Balaban J connectivity index is 1.24. The van der Waals surface area contributed by atoms with E-state index in [1.165, 1.54) is 6.07 Å². The third-order valence-electron chi connectivity index (χ3n) is 5.92. The second kappa shape index (κ2) is 9.26. The third kappa shape index (κ3) is 4.50. The molecule has 180 valence electrons. The van der Waals surface area contributed by atoms with Gasteiger partial charge >= 0.3 is 0 Å². The number of ether oxygens (including phenoxy) is 1. The maximum atomic E-state index is 13.0. The van der Waals surface area contributed by atoms with Crippen molar-refractivity contribution < 1.29 is 22.6 Å². The number of carbonyl (C=O) groups is 1. The number of sulfonamides is 1. The Hall–Kier alpha value is -4.12. The molecule has 35 heavy (non-hydrogen) atoms. The Labute approximate surface area is 202 Å². The summed E-state index contributed by atoms with van der Waals surface area (Å²) in [6.07, 6.45) is 0. The van der Waals surface area contributed by atoms with Crippen molar-refractivity contribution in [2.24, 2.45) is 0 Å². The molecule has 1 amide bonds. The summed E-state index contributed by atoms with van der Waals surface area (Å²) < 4.78 is 38.3. The number of para-hydroxylation sites is 2. The molecule has 0 spiro atoms. The van der Waals surface area contributed by atoms with Crippen LogP contribution in [-0.4, -0.2) is 62.8 Å². The summed E-state index contributed by atoms with van der Waals surface area (Å²) in [7, 11) is -2.28. The summed E-state index contributed by atoms with van der Waals surface area (Å²) >= 11 is 0. The lowest BCUT2D eigenvalue weighted by Crippen LogP contribution is -2.48. The standard InChI is InChI=1S/C24H23N5O5S/c1-33-21-7-3-2-6-20(21)28-13-15-29(16-14-28)24(30)17-9-11-18(12-10-17)27-35(31,32)22-8-4-5-19-23(22)26-34-25-19/h2-12,27H,13-16H2,1H3. The van der Waals surface area contributed by atoms with Gasteiger partial charge in [-0.2, -0.15) is 0 Å². The number of benzene rings is 3. The van der Waals surface area contributed by atoms with Gasteiger partial charge in [0.15, 0.2) is 5.52 Å². The highest BCUT2D eigenvalue weighted by Gasteiger charge is 2.24. The minimum atomic E-state index is -3.93. The highest BCUT2D eigenvalue weighted by molar-refractivity contribution is 7.93. The quantitative estimate of drug-likeness (QED) is 0.436. The molecule has 0 bridgehead atoms. The van der Waals surface area contributed by atoms with Crippen molar-refractivity contribution in [3.63, 3.8) is 0 Å². The van der Waals surface area contributed by atoms with Gasteiger partial charge in [0.05, 0.1) is 12.8 Å². The summed E-state index contributed by atoms with van der Waals surface area (Å²) in [5.41, 5.74) is 2.33. The minimum absolute atomic E-state index is 0.0377. The number of nitrogens with zero attached hydrogens (tertiary/aromatic N) is 4. The zero-order chi connectivity index (χ0) is 24.4. The van der Waals surface area contributed by atoms with Crippen LogP contribution in [0, 0.1) is 0 Å². The Morgan fingerprint density at radius 2 is 1.69 bits per heavy atom. The number of hydrogen-bond acceptors (Lipinski definition) is 8. The fourth-order valence-corrected chi connectivity index (χ4v) is 5.32. The maximum absolute atomic E-state index is 13.0. The highest BCUT2D eigenvalue weighted by atomic mass is 32.2. The van der Waals surface area contributed by atoms with Crippen molar-refractivity contribution >= 4 is 38.3 Å². The number of anilines is 2. The Kier molecular flexibility index (Phi) is 6.00. The molecule has 1 aliphatic heterocycles. The molecule has 1 aromatic heterocycles. The normalized spacial score (nSPS) is 14.2. The van der Waals surface area contributed by atoms with Gasteiger partial charge in [0.25, 0.3) is 15.9 Å². The van der Waals surface area contributed by atoms with E-state index in [0.29, 0.717) is 42.9 Å². The molecule has 0 saturated carbocycles. The molecule has 0 radical (unpaired) electrons.